The van der Waals surface area contributed by atoms with Crippen molar-refractivity contribution in [1.29, 1.82) is 5.26 Å². The molecule has 38 heavy (non-hydrogen) atoms. The van der Waals surface area contributed by atoms with Crippen LogP contribution in [0, 0.1) is 18.3 Å². The molecule has 9 heteroatoms. The molecular formula is C29H25Cl2N5O2. The number of amides is 1. The van der Waals surface area contributed by atoms with Gasteiger partial charge in [-0.1, -0.05) is 65.2 Å². The lowest BCUT2D eigenvalue weighted by atomic mass is 10.0. The van der Waals surface area contributed by atoms with Gasteiger partial charge in [0.05, 0.1) is 12.1 Å². The second-order valence-corrected chi connectivity index (χ2v) is 9.57. The van der Waals surface area contributed by atoms with Crippen molar-refractivity contribution < 1.29 is 9.59 Å². The topological polar surface area (TPSA) is 99.8 Å². The van der Waals surface area contributed by atoms with E-state index in [-0.39, 0.29) is 29.4 Å². The van der Waals surface area contributed by atoms with E-state index in [1.165, 1.54) is 4.68 Å². The number of aryl methyl sites for hydroxylation is 1. The van der Waals surface area contributed by atoms with Crippen molar-refractivity contribution in [1.82, 2.24) is 15.1 Å². The molecule has 1 amide bonds. The van der Waals surface area contributed by atoms with Gasteiger partial charge in [-0.3, -0.25) is 9.59 Å². The third-order valence-corrected chi connectivity index (χ3v) is 6.35. The number of nitrogens with one attached hydrogen (secondary N) is 2. The molecule has 0 aliphatic rings. The Labute approximate surface area is 231 Å². The van der Waals surface area contributed by atoms with E-state index in [1.54, 1.807) is 48.5 Å². The molecule has 0 aliphatic heterocycles. The highest BCUT2D eigenvalue weighted by Crippen LogP contribution is 2.26. The van der Waals surface area contributed by atoms with E-state index in [2.05, 4.69) is 21.8 Å². The van der Waals surface area contributed by atoms with E-state index >= 15 is 0 Å². The Kier molecular flexibility index (Phi) is 8.80. The first-order chi connectivity index (χ1) is 18.4. The number of hydrogen-bond donors (Lipinski definition) is 2. The predicted molar refractivity (Wildman–Crippen MR) is 149 cm³/mol. The number of rotatable bonds is 10. The van der Waals surface area contributed by atoms with E-state index in [9.17, 15) is 14.9 Å². The van der Waals surface area contributed by atoms with E-state index in [0.717, 1.165) is 11.1 Å². The van der Waals surface area contributed by atoms with Crippen LogP contribution in [0.3, 0.4) is 0 Å². The van der Waals surface area contributed by atoms with Gasteiger partial charge in [-0.25, -0.2) is 4.68 Å². The third kappa shape index (κ3) is 6.60. The molecule has 0 spiro atoms. The lowest BCUT2D eigenvalue weighted by molar-refractivity contribution is -0.120. The maximum absolute atomic E-state index is 13.3. The minimum atomic E-state index is -0.341. The van der Waals surface area contributed by atoms with E-state index in [1.807, 2.05) is 31.2 Å². The van der Waals surface area contributed by atoms with Crippen LogP contribution in [0.5, 0.6) is 0 Å². The molecule has 4 rings (SSSR count). The standard InChI is InChI=1S/C29H25Cl2N5O2/c1-19-3-7-21(8-4-19)28(38)27-25(18-32)29(36(35-27)24-13-11-23(31)12-14-24)34-16-2-15-33-26(37)17-20-5-9-22(30)10-6-20/h3-14,34H,2,15-17H2,1H3,(H,33,37). The van der Waals surface area contributed by atoms with Crippen LogP contribution in [0.15, 0.2) is 72.8 Å². The zero-order valence-electron chi connectivity index (χ0n) is 20.7. The van der Waals surface area contributed by atoms with Gasteiger partial charge in [0.25, 0.3) is 0 Å². The molecule has 1 heterocycles. The van der Waals surface area contributed by atoms with Crippen molar-refractivity contribution in [3.63, 3.8) is 0 Å². The maximum atomic E-state index is 13.3. The summed E-state index contributed by atoms with van der Waals surface area (Å²) in [5, 5.41) is 21.8. The second kappa shape index (κ2) is 12.4. The van der Waals surface area contributed by atoms with Gasteiger partial charge in [0.15, 0.2) is 5.69 Å². The summed E-state index contributed by atoms with van der Waals surface area (Å²) in [4.78, 5) is 25.5. The van der Waals surface area contributed by atoms with Crippen LogP contribution in [0.4, 0.5) is 5.82 Å². The van der Waals surface area contributed by atoms with Crippen molar-refractivity contribution in [2.45, 2.75) is 19.8 Å². The van der Waals surface area contributed by atoms with Gasteiger partial charge in [-0.15, -0.1) is 0 Å². The zero-order valence-corrected chi connectivity index (χ0v) is 22.2. The number of anilines is 1. The number of halogens is 2. The molecule has 0 radical (unpaired) electrons. The minimum Gasteiger partial charge on any atom is -0.369 e. The number of hydrogen-bond acceptors (Lipinski definition) is 5. The fourth-order valence-electron chi connectivity index (χ4n) is 3.83. The molecule has 0 fully saturated rings. The van der Waals surface area contributed by atoms with Crippen LogP contribution in [0.2, 0.25) is 10.0 Å². The van der Waals surface area contributed by atoms with Gasteiger partial charge < -0.3 is 10.6 Å². The Morgan fingerprint density at radius 1 is 0.921 bits per heavy atom. The molecule has 192 valence electrons. The quantitative estimate of drug-likeness (QED) is 0.195. The third-order valence-electron chi connectivity index (χ3n) is 5.84. The summed E-state index contributed by atoms with van der Waals surface area (Å²) < 4.78 is 1.54. The van der Waals surface area contributed by atoms with Crippen LogP contribution in [-0.4, -0.2) is 34.6 Å². The van der Waals surface area contributed by atoms with Gasteiger partial charge in [-0.05, 0) is 55.3 Å². The number of nitriles is 1. The van der Waals surface area contributed by atoms with Crippen molar-refractivity contribution in [3.8, 4) is 11.8 Å². The van der Waals surface area contributed by atoms with Crippen LogP contribution in [0.25, 0.3) is 5.69 Å². The van der Waals surface area contributed by atoms with Gasteiger partial charge >= 0.3 is 0 Å². The molecule has 7 nitrogen and oxygen atoms in total. The minimum absolute atomic E-state index is 0.0603. The van der Waals surface area contributed by atoms with Crippen molar-refractivity contribution in [2.75, 3.05) is 18.4 Å². The first-order valence-corrected chi connectivity index (χ1v) is 12.8. The van der Waals surface area contributed by atoms with Crippen LogP contribution >= 0.6 is 23.2 Å². The van der Waals surface area contributed by atoms with Gasteiger partial charge in [-0.2, -0.15) is 10.4 Å². The number of nitrogens with zero attached hydrogens (tertiary/aromatic N) is 3. The van der Waals surface area contributed by atoms with Crippen LogP contribution < -0.4 is 10.6 Å². The van der Waals surface area contributed by atoms with Crippen molar-refractivity contribution in [2.24, 2.45) is 0 Å². The highest BCUT2D eigenvalue weighted by Gasteiger charge is 2.25. The average molecular weight is 546 g/mol. The fraction of sp³-hybridized carbons (Fsp3) is 0.172. The molecular weight excluding hydrogens is 521 g/mol. The van der Waals surface area contributed by atoms with Crippen molar-refractivity contribution in [3.05, 3.63) is 111 Å². The fourth-order valence-corrected chi connectivity index (χ4v) is 4.08. The number of ketones is 1. The summed E-state index contributed by atoms with van der Waals surface area (Å²) in [5.74, 6) is -0.0354. The van der Waals surface area contributed by atoms with Crippen LogP contribution in [-0.2, 0) is 11.2 Å². The summed E-state index contributed by atoms with van der Waals surface area (Å²) >= 11 is 11.9. The summed E-state index contributed by atoms with van der Waals surface area (Å²) in [6.07, 6.45) is 0.848. The lowest BCUT2D eigenvalue weighted by Gasteiger charge is -2.11. The Hall–Kier alpha value is -4.12. The average Bonchev–Trinajstić information content (AvgIpc) is 3.28. The molecule has 1 aromatic heterocycles. The Bertz CT molecular complexity index is 1470. The van der Waals surface area contributed by atoms with Gasteiger partial charge in [0.1, 0.15) is 17.5 Å². The molecule has 0 saturated carbocycles. The first-order valence-electron chi connectivity index (χ1n) is 12.0. The van der Waals surface area contributed by atoms with Gasteiger partial charge in [0, 0.05) is 28.7 Å². The molecule has 0 aliphatic carbocycles. The van der Waals surface area contributed by atoms with E-state index in [0.29, 0.717) is 46.6 Å². The van der Waals surface area contributed by atoms with Crippen LogP contribution in [0.1, 0.15) is 39.2 Å². The molecule has 0 unspecified atom stereocenters. The molecule has 0 bridgehead atoms. The smallest absolute Gasteiger partial charge is 0.224 e. The van der Waals surface area contributed by atoms with Crippen molar-refractivity contribution >= 4 is 40.7 Å². The Balaban J connectivity index is 1.48. The second-order valence-electron chi connectivity index (χ2n) is 8.70. The predicted octanol–water partition coefficient (Wildman–Crippen LogP) is 5.75. The van der Waals surface area contributed by atoms with E-state index < -0.39 is 0 Å². The molecule has 0 atom stereocenters. The number of aromatic nitrogens is 2. The summed E-state index contributed by atoms with van der Waals surface area (Å²) in [6, 6.07) is 23.4. The number of carbonyl (C=O) groups is 2. The molecule has 4 aromatic rings. The summed E-state index contributed by atoms with van der Waals surface area (Å²) in [5.41, 5.74) is 3.20. The number of benzene rings is 3. The highest BCUT2D eigenvalue weighted by atomic mass is 35.5. The largest absolute Gasteiger partial charge is 0.369 e. The SMILES string of the molecule is Cc1ccc(C(=O)c2nn(-c3ccc(Cl)cc3)c(NCCCNC(=O)Cc3ccc(Cl)cc3)c2C#N)cc1. The highest BCUT2D eigenvalue weighted by molar-refractivity contribution is 6.30. The Morgan fingerprint density at radius 2 is 1.55 bits per heavy atom. The molecule has 2 N–H and O–H groups in total. The monoisotopic (exact) mass is 545 g/mol. The van der Waals surface area contributed by atoms with E-state index in [4.69, 9.17) is 23.2 Å². The first kappa shape index (κ1) is 26.9. The maximum Gasteiger partial charge on any atom is 0.224 e. The summed E-state index contributed by atoms with van der Waals surface area (Å²) in [6.45, 7) is 2.81. The molecule has 0 saturated heterocycles. The lowest BCUT2D eigenvalue weighted by Crippen LogP contribution is -2.27. The zero-order chi connectivity index (χ0) is 27.1. The number of carbonyl (C=O) groups excluding carboxylic acids is 2. The normalized spacial score (nSPS) is 10.6. The molecule has 3 aromatic carbocycles. The Morgan fingerprint density at radius 3 is 2.18 bits per heavy atom. The van der Waals surface area contributed by atoms with Gasteiger partial charge in [0.2, 0.25) is 11.7 Å². The summed E-state index contributed by atoms with van der Waals surface area (Å²) in [7, 11) is 0.